The smallest absolute Gasteiger partial charge is 0.410 e. The van der Waals surface area contributed by atoms with Gasteiger partial charge in [0.25, 0.3) is 10.0 Å². The van der Waals surface area contributed by atoms with Crippen LogP contribution in [0.3, 0.4) is 0 Å². The molecule has 1 N–H and O–H groups in total. The van der Waals surface area contributed by atoms with Crippen LogP contribution >= 0.6 is 0 Å². The second-order valence-electron chi connectivity index (χ2n) is 9.56. The van der Waals surface area contributed by atoms with E-state index in [1.165, 1.54) is 17.0 Å². The summed E-state index contributed by atoms with van der Waals surface area (Å²) in [6, 6.07) is 5.39. The van der Waals surface area contributed by atoms with Crippen molar-refractivity contribution in [1.29, 1.82) is 0 Å². The Morgan fingerprint density at radius 3 is 2.61 bits per heavy atom. The van der Waals surface area contributed by atoms with Crippen LogP contribution in [0.5, 0.6) is 0 Å². The highest BCUT2D eigenvalue weighted by Crippen LogP contribution is 2.24. The summed E-state index contributed by atoms with van der Waals surface area (Å²) in [5.41, 5.74) is -0.317. The fraction of sp³-hybridized carbons (Fsp3) is 0.609. The van der Waals surface area contributed by atoms with Gasteiger partial charge in [0.2, 0.25) is 5.91 Å². The molecule has 2 aliphatic rings. The van der Waals surface area contributed by atoms with E-state index >= 15 is 0 Å². The summed E-state index contributed by atoms with van der Waals surface area (Å²) in [4.78, 5) is 28.7. The largest absolute Gasteiger partial charge is 0.444 e. The number of amidine groups is 1. The highest BCUT2D eigenvalue weighted by Gasteiger charge is 2.36. The van der Waals surface area contributed by atoms with E-state index in [-0.39, 0.29) is 10.8 Å². The van der Waals surface area contributed by atoms with E-state index in [1.54, 1.807) is 32.9 Å². The van der Waals surface area contributed by atoms with E-state index < -0.39 is 27.8 Å². The summed E-state index contributed by atoms with van der Waals surface area (Å²) in [5.74, 6) is 0.184. The maximum Gasteiger partial charge on any atom is 0.410 e. The average molecular weight is 479 g/mol. The van der Waals surface area contributed by atoms with Crippen LogP contribution in [0.4, 0.5) is 10.5 Å². The molecule has 0 aliphatic carbocycles. The van der Waals surface area contributed by atoms with Gasteiger partial charge in [-0.2, -0.15) is 8.42 Å². The molecule has 33 heavy (non-hydrogen) atoms. The predicted octanol–water partition coefficient (Wildman–Crippen LogP) is 3.62. The Bertz CT molecular complexity index is 1020. The quantitative estimate of drug-likeness (QED) is 0.708. The van der Waals surface area contributed by atoms with Gasteiger partial charge in [-0.3, -0.25) is 9.69 Å². The first kappa shape index (κ1) is 25.0. The van der Waals surface area contributed by atoms with Crippen molar-refractivity contribution < 1.29 is 22.7 Å². The number of hydrogen-bond donors (Lipinski definition) is 1. The van der Waals surface area contributed by atoms with Crippen molar-refractivity contribution in [3.05, 3.63) is 24.3 Å². The molecule has 0 radical (unpaired) electrons. The van der Waals surface area contributed by atoms with Crippen molar-refractivity contribution in [3.8, 4) is 0 Å². The van der Waals surface area contributed by atoms with Crippen LogP contribution in [0, 0.1) is 0 Å². The van der Waals surface area contributed by atoms with Gasteiger partial charge in [0.15, 0.2) is 0 Å². The molecule has 2 amide bonds. The summed E-state index contributed by atoms with van der Waals surface area (Å²) < 4.78 is 35.4. The monoisotopic (exact) mass is 478 g/mol. The molecule has 1 atom stereocenters. The Kier molecular flexibility index (Phi) is 7.66. The Morgan fingerprint density at radius 1 is 1.12 bits per heavy atom. The van der Waals surface area contributed by atoms with E-state index in [0.29, 0.717) is 37.3 Å². The molecule has 2 aliphatic heterocycles. The predicted molar refractivity (Wildman–Crippen MR) is 127 cm³/mol. The van der Waals surface area contributed by atoms with Gasteiger partial charge in [-0.1, -0.05) is 12.5 Å². The highest BCUT2D eigenvalue weighted by atomic mass is 32.2. The zero-order chi connectivity index (χ0) is 24.2. The lowest BCUT2D eigenvalue weighted by molar-refractivity contribution is -0.120. The minimum atomic E-state index is -3.92. The second-order valence-corrected chi connectivity index (χ2v) is 11.2. The van der Waals surface area contributed by atoms with Crippen molar-refractivity contribution in [2.45, 2.75) is 75.8 Å². The number of rotatable bonds is 4. The Labute approximate surface area is 196 Å². The van der Waals surface area contributed by atoms with Crippen molar-refractivity contribution in [2.24, 2.45) is 4.40 Å². The molecule has 10 heteroatoms. The lowest BCUT2D eigenvalue weighted by Crippen LogP contribution is -2.45. The number of hydrogen-bond acceptors (Lipinski definition) is 5. The molecular formula is C23H34N4O5S. The highest BCUT2D eigenvalue weighted by molar-refractivity contribution is 7.90. The van der Waals surface area contributed by atoms with Gasteiger partial charge in [0.05, 0.1) is 4.90 Å². The van der Waals surface area contributed by atoms with E-state index in [1.807, 2.05) is 11.9 Å². The number of nitrogens with zero attached hydrogens (tertiary/aromatic N) is 3. The minimum absolute atomic E-state index is 0.0147. The molecule has 0 saturated carbocycles. The molecule has 1 unspecified atom stereocenters. The van der Waals surface area contributed by atoms with Crippen LogP contribution in [0.25, 0.3) is 0 Å². The molecule has 0 spiro atoms. The molecule has 9 nitrogen and oxygen atoms in total. The summed E-state index contributed by atoms with van der Waals surface area (Å²) in [7, 11) is -2.06. The number of carbonyl (C=O) groups is 2. The number of anilines is 1. The normalized spacial score (nSPS) is 21.1. The Balaban J connectivity index is 1.74. The Morgan fingerprint density at radius 2 is 1.88 bits per heavy atom. The fourth-order valence-electron chi connectivity index (χ4n) is 3.97. The molecule has 2 heterocycles. The van der Waals surface area contributed by atoms with Crippen molar-refractivity contribution >= 4 is 33.5 Å². The van der Waals surface area contributed by atoms with Crippen LogP contribution in [0.2, 0.25) is 0 Å². The summed E-state index contributed by atoms with van der Waals surface area (Å²) in [6.45, 7) is 6.54. The van der Waals surface area contributed by atoms with Gasteiger partial charge in [-0.15, -0.1) is 4.40 Å². The number of sulfonamides is 1. The van der Waals surface area contributed by atoms with Gasteiger partial charge in [-0.05, 0) is 64.7 Å². The summed E-state index contributed by atoms with van der Waals surface area (Å²) >= 11 is 0. The van der Waals surface area contributed by atoms with Gasteiger partial charge in [0, 0.05) is 32.2 Å². The third-order valence-electron chi connectivity index (χ3n) is 5.64. The van der Waals surface area contributed by atoms with Crippen LogP contribution in [0.1, 0.15) is 59.3 Å². The van der Waals surface area contributed by atoms with Crippen molar-refractivity contribution in [2.75, 3.05) is 25.5 Å². The van der Waals surface area contributed by atoms with Crippen LogP contribution in [-0.4, -0.2) is 67.8 Å². The van der Waals surface area contributed by atoms with E-state index in [0.717, 1.165) is 25.8 Å². The van der Waals surface area contributed by atoms with Gasteiger partial charge < -0.3 is 15.0 Å². The number of likely N-dealkylation sites (tertiary alicyclic amines) is 2. The standard InChI is InChI=1S/C23H34N4O5S/c1-23(2,3)32-22(29)27-15-9-12-19(27)21(28)24-17-10-8-11-18(16-17)33(30,31)25-20-13-6-5-7-14-26(20)4/h8,10-11,16,19H,5-7,9,12-15H2,1-4H3,(H,24,28). The van der Waals surface area contributed by atoms with Gasteiger partial charge in [-0.25, -0.2) is 4.79 Å². The third-order valence-corrected chi connectivity index (χ3v) is 6.94. The van der Waals surface area contributed by atoms with E-state index in [4.69, 9.17) is 4.74 Å². The minimum Gasteiger partial charge on any atom is -0.444 e. The molecule has 3 rings (SSSR count). The SMILES string of the molecule is CN1CCCCCC1=NS(=O)(=O)c1cccc(NC(=O)C2CCCN2C(=O)OC(C)(C)C)c1. The lowest BCUT2D eigenvalue weighted by Gasteiger charge is -2.28. The first-order valence-corrected chi connectivity index (χ1v) is 12.9. The fourth-order valence-corrected chi connectivity index (χ4v) is 5.11. The van der Waals surface area contributed by atoms with E-state index in [9.17, 15) is 18.0 Å². The number of benzene rings is 1. The lowest BCUT2D eigenvalue weighted by atomic mass is 10.2. The summed E-state index contributed by atoms with van der Waals surface area (Å²) in [5, 5.41) is 2.75. The Hall–Kier alpha value is -2.62. The number of carbonyl (C=O) groups excluding carboxylic acids is 2. The molecule has 0 aromatic heterocycles. The van der Waals surface area contributed by atoms with Crippen LogP contribution in [0.15, 0.2) is 33.6 Å². The molecule has 1 aromatic carbocycles. The molecule has 1 aromatic rings. The molecule has 2 saturated heterocycles. The van der Waals surface area contributed by atoms with Crippen LogP contribution in [-0.2, 0) is 19.6 Å². The summed E-state index contributed by atoms with van der Waals surface area (Å²) in [6.07, 6.45) is 4.27. The first-order chi connectivity index (χ1) is 15.5. The molecule has 0 bridgehead atoms. The van der Waals surface area contributed by atoms with Gasteiger partial charge in [0.1, 0.15) is 17.5 Å². The zero-order valence-corrected chi connectivity index (χ0v) is 20.7. The second kappa shape index (κ2) is 10.1. The first-order valence-electron chi connectivity index (χ1n) is 11.4. The third kappa shape index (κ3) is 6.69. The number of ether oxygens (including phenoxy) is 1. The number of amides is 2. The zero-order valence-electron chi connectivity index (χ0n) is 19.8. The average Bonchev–Trinajstić information content (AvgIpc) is 3.13. The maximum absolute atomic E-state index is 12.9. The van der Waals surface area contributed by atoms with E-state index in [2.05, 4.69) is 9.71 Å². The molecular weight excluding hydrogens is 444 g/mol. The van der Waals surface area contributed by atoms with Crippen molar-refractivity contribution in [1.82, 2.24) is 9.80 Å². The van der Waals surface area contributed by atoms with Crippen LogP contribution < -0.4 is 5.32 Å². The molecule has 182 valence electrons. The topological polar surface area (TPSA) is 108 Å². The van der Waals surface area contributed by atoms with Gasteiger partial charge >= 0.3 is 6.09 Å². The number of nitrogens with one attached hydrogen (secondary N) is 1. The maximum atomic E-state index is 12.9. The van der Waals surface area contributed by atoms with Crippen molar-refractivity contribution in [3.63, 3.8) is 0 Å². The molecule has 2 fully saturated rings.